The smallest absolute Gasteiger partial charge is 0.408 e. The van der Waals surface area contributed by atoms with Crippen molar-refractivity contribution in [3.63, 3.8) is 0 Å². The summed E-state index contributed by atoms with van der Waals surface area (Å²) in [6.45, 7) is 9.77. The van der Waals surface area contributed by atoms with E-state index in [2.05, 4.69) is 0 Å². The van der Waals surface area contributed by atoms with E-state index in [1.807, 2.05) is 45.0 Å². The first kappa shape index (κ1) is 19.9. The first-order valence-corrected chi connectivity index (χ1v) is 10.1. The summed E-state index contributed by atoms with van der Waals surface area (Å²) in [6, 6.07) is 7.63. The van der Waals surface area contributed by atoms with Gasteiger partial charge in [0.15, 0.2) is 5.78 Å². The Labute approximate surface area is 150 Å². The van der Waals surface area contributed by atoms with E-state index in [0.29, 0.717) is 24.2 Å². The van der Waals surface area contributed by atoms with Crippen molar-refractivity contribution in [2.75, 3.05) is 13.2 Å². The molecule has 0 saturated heterocycles. The fourth-order valence-corrected chi connectivity index (χ4v) is 4.28. The zero-order chi connectivity index (χ0) is 18.7. The van der Waals surface area contributed by atoms with Gasteiger partial charge in [0, 0.05) is 12.8 Å². The van der Waals surface area contributed by atoms with Gasteiger partial charge in [-0.15, -0.1) is 0 Å². The third-order valence-electron chi connectivity index (χ3n) is 4.05. The molecule has 0 amide bonds. The van der Waals surface area contributed by atoms with Crippen molar-refractivity contribution in [3.8, 4) is 0 Å². The third kappa shape index (κ3) is 4.81. The average Bonchev–Trinajstić information content (AvgIpc) is 2.47. The molecule has 5 nitrogen and oxygen atoms in total. The Balaban J connectivity index is 2.56. The number of hydrogen-bond donors (Lipinski definition) is 0. The van der Waals surface area contributed by atoms with Crippen molar-refractivity contribution in [1.29, 1.82) is 0 Å². The van der Waals surface area contributed by atoms with Crippen LogP contribution >= 0.6 is 7.82 Å². The van der Waals surface area contributed by atoms with Gasteiger partial charge in [0.25, 0.3) is 0 Å². The summed E-state index contributed by atoms with van der Waals surface area (Å²) in [4.78, 5) is 12.9. The molecule has 0 aliphatic heterocycles. The number of rotatable bonds is 7. The van der Waals surface area contributed by atoms with Crippen LogP contribution in [0.1, 0.15) is 51.7 Å². The number of ketones is 1. The Kier molecular flexibility index (Phi) is 6.26. The van der Waals surface area contributed by atoms with E-state index in [1.54, 1.807) is 13.8 Å². The number of aryl methyl sites for hydroxylation is 1. The van der Waals surface area contributed by atoms with Crippen molar-refractivity contribution < 1.29 is 22.9 Å². The quantitative estimate of drug-likeness (QED) is 0.613. The SMILES string of the molecule is CCOP(=O)(OCC)OC1=C(c2ccccc2C)C(=O)CC(C)(C)C1. The van der Waals surface area contributed by atoms with E-state index in [-0.39, 0.29) is 24.4 Å². The van der Waals surface area contributed by atoms with Crippen LogP contribution in [0, 0.1) is 12.3 Å². The highest BCUT2D eigenvalue weighted by molar-refractivity contribution is 7.48. The molecule has 0 spiro atoms. The lowest BCUT2D eigenvalue weighted by atomic mass is 9.75. The van der Waals surface area contributed by atoms with Crippen molar-refractivity contribution in [1.82, 2.24) is 0 Å². The molecule has 25 heavy (non-hydrogen) atoms. The van der Waals surface area contributed by atoms with E-state index >= 15 is 0 Å². The van der Waals surface area contributed by atoms with Gasteiger partial charge in [-0.3, -0.25) is 13.8 Å². The molecule has 1 aromatic rings. The maximum Gasteiger partial charge on any atom is 0.529 e. The minimum absolute atomic E-state index is 0.0138. The van der Waals surface area contributed by atoms with Gasteiger partial charge in [0.05, 0.1) is 18.8 Å². The fourth-order valence-electron chi connectivity index (χ4n) is 3.04. The molecular formula is C19H27O5P. The highest BCUT2D eigenvalue weighted by Gasteiger charge is 2.39. The third-order valence-corrected chi connectivity index (χ3v) is 5.64. The monoisotopic (exact) mass is 366 g/mol. The lowest BCUT2D eigenvalue weighted by Gasteiger charge is -2.33. The zero-order valence-corrected chi connectivity index (χ0v) is 16.5. The second-order valence-electron chi connectivity index (χ2n) is 6.93. The number of allylic oxidation sites excluding steroid dienone is 2. The van der Waals surface area contributed by atoms with Gasteiger partial charge in [0.1, 0.15) is 5.76 Å². The first-order valence-electron chi connectivity index (χ1n) is 8.62. The predicted molar refractivity (Wildman–Crippen MR) is 98.1 cm³/mol. The number of phosphoric acid groups is 1. The van der Waals surface area contributed by atoms with Crippen LogP contribution in [0.5, 0.6) is 0 Å². The Morgan fingerprint density at radius 3 is 2.24 bits per heavy atom. The molecule has 0 unspecified atom stereocenters. The van der Waals surface area contributed by atoms with Crippen LogP contribution in [0.3, 0.4) is 0 Å². The molecule has 0 saturated carbocycles. The normalized spacial score (nSPS) is 17.7. The van der Waals surface area contributed by atoms with Crippen molar-refractivity contribution in [2.45, 2.75) is 47.5 Å². The molecular weight excluding hydrogens is 339 g/mol. The topological polar surface area (TPSA) is 61.8 Å². The summed E-state index contributed by atoms with van der Waals surface area (Å²) in [5, 5.41) is 0. The number of phosphoric ester groups is 1. The van der Waals surface area contributed by atoms with Crippen LogP contribution in [0.2, 0.25) is 0 Å². The zero-order valence-electron chi connectivity index (χ0n) is 15.6. The van der Waals surface area contributed by atoms with Crippen LogP contribution in [-0.4, -0.2) is 19.0 Å². The largest absolute Gasteiger partial charge is 0.529 e. The molecule has 1 aromatic carbocycles. The molecule has 0 N–H and O–H groups in total. The molecule has 0 aromatic heterocycles. The highest BCUT2D eigenvalue weighted by atomic mass is 31.2. The Morgan fingerprint density at radius 1 is 1.08 bits per heavy atom. The summed E-state index contributed by atoms with van der Waals surface area (Å²) in [7, 11) is -3.75. The average molecular weight is 366 g/mol. The maximum atomic E-state index is 12.9. The summed E-state index contributed by atoms with van der Waals surface area (Å²) in [5.41, 5.74) is 1.98. The van der Waals surface area contributed by atoms with Gasteiger partial charge in [-0.1, -0.05) is 38.1 Å². The van der Waals surface area contributed by atoms with Crippen molar-refractivity contribution in [3.05, 3.63) is 41.2 Å². The second-order valence-corrected chi connectivity index (χ2v) is 8.52. The van der Waals surface area contributed by atoms with Crippen LogP contribution in [0.25, 0.3) is 5.57 Å². The summed E-state index contributed by atoms with van der Waals surface area (Å²) in [5.74, 6) is 0.376. The first-order chi connectivity index (χ1) is 11.7. The minimum atomic E-state index is -3.75. The molecule has 0 atom stereocenters. The van der Waals surface area contributed by atoms with Crippen LogP contribution < -0.4 is 0 Å². The van der Waals surface area contributed by atoms with Gasteiger partial charge in [0.2, 0.25) is 0 Å². The molecule has 1 aliphatic rings. The second kappa shape index (κ2) is 7.86. The van der Waals surface area contributed by atoms with Crippen LogP contribution in [-0.2, 0) is 22.9 Å². The van der Waals surface area contributed by atoms with Gasteiger partial charge < -0.3 is 4.52 Å². The molecule has 0 fully saturated rings. The predicted octanol–water partition coefficient (Wildman–Crippen LogP) is 5.29. The Morgan fingerprint density at radius 2 is 1.68 bits per heavy atom. The number of benzene rings is 1. The van der Waals surface area contributed by atoms with E-state index in [1.165, 1.54) is 0 Å². The molecule has 6 heteroatoms. The van der Waals surface area contributed by atoms with E-state index < -0.39 is 7.82 Å². The summed E-state index contributed by atoms with van der Waals surface area (Å²) in [6.07, 6.45) is 0.906. The Bertz CT molecular complexity index is 710. The standard InChI is InChI=1S/C19H27O5P/c1-6-22-25(21,23-7-2)24-17-13-19(4,5)12-16(20)18(17)15-11-9-8-10-14(15)3/h8-11H,6-7,12-13H2,1-5H3. The van der Waals surface area contributed by atoms with E-state index in [4.69, 9.17) is 13.6 Å². The van der Waals surface area contributed by atoms with E-state index in [9.17, 15) is 9.36 Å². The Hall–Kier alpha value is -1.42. The number of hydrogen-bond acceptors (Lipinski definition) is 5. The van der Waals surface area contributed by atoms with Gasteiger partial charge >= 0.3 is 7.82 Å². The number of Topliss-reactive ketones (excluding diaryl/α,β-unsaturated/α-hetero) is 1. The minimum Gasteiger partial charge on any atom is -0.408 e. The van der Waals surface area contributed by atoms with Gasteiger partial charge in [-0.05, 0) is 37.3 Å². The summed E-state index contributed by atoms with van der Waals surface area (Å²) < 4.78 is 29.1. The number of carbonyl (C=O) groups excluding carboxylic acids is 1. The van der Waals surface area contributed by atoms with Crippen LogP contribution in [0.15, 0.2) is 30.0 Å². The van der Waals surface area contributed by atoms with Crippen LogP contribution in [0.4, 0.5) is 0 Å². The van der Waals surface area contributed by atoms with Crippen molar-refractivity contribution >= 4 is 19.2 Å². The maximum absolute atomic E-state index is 12.9. The molecule has 1 aliphatic carbocycles. The molecule has 0 radical (unpaired) electrons. The van der Waals surface area contributed by atoms with Gasteiger partial charge in [-0.25, -0.2) is 4.57 Å². The van der Waals surface area contributed by atoms with Crippen molar-refractivity contribution in [2.24, 2.45) is 5.41 Å². The molecule has 2 rings (SSSR count). The molecule has 138 valence electrons. The lowest BCUT2D eigenvalue weighted by molar-refractivity contribution is -0.116. The lowest BCUT2D eigenvalue weighted by Crippen LogP contribution is -2.26. The molecule has 0 bridgehead atoms. The van der Waals surface area contributed by atoms with E-state index in [0.717, 1.165) is 11.1 Å². The number of carbonyl (C=O) groups is 1. The fraction of sp³-hybridized carbons (Fsp3) is 0.526. The highest BCUT2D eigenvalue weighted by Crippen LogP contribution is 2.55. The molecule has 0 heterocycles. The van der Waals surface area contributed by atoms with Gasteiger partial charge in [-0.2, -0.15) is 0 Å². The summed E-state index contributed by atoms with van der Waals surface area (Å²) >= 11 is 0.